The number of hydrogen-bond donors (Lipinski definition) is 2. The molecule has 2 heterocycles. The average Bonchev–Trinajstić information content (AvgIpc) is 3.17. The van der Waals surface area contributed by atoms with Crippen LogP contribution < -0.4 is 15.4 Å². The highest BCUT2D eigenvalue weighted by atomic mass is 16.5. The van der Waals surface area contributed by atoms with Gasteiger partial charge in [-0.2, -0.15) is 5.10 Å². The lowest BCUT2D eigenvalue weighted by Crippen LogP contribution is -2.46. The van der Waals surface area contributed by atoms with Gasteiger partial charge in [0, 0.05) is 33.2 Å². The SMILES string of the molecule is CN=C(NCc1ccc(OC)c(C(=O)OC)c1)NC1CCc2nc(COC)nn2C1. The van der Waals surface area contributed by atoms with E-state index in [1.54, 1.807) is 26.3 Å². The Labute approximate surface area is 175 Å². The Balaban J connectivity index is 1.59. The quantitative estimate of drug-likeness (QED) is 0.389. The number of guanidine groups is 1. The van der Waals surface area contributed by atoms with Crippen molar-refractivity contribution in [1.29, 1.82) is 0 Å². The molecule has 1 aliphatic heterocycles. The zero-order valence-electron chi connectivity index (χ0n) is 17.8. The van der Waals surface area contributed by atoms with Crippen LogP contribution in [0.15, 0.2) is 23.2 Å². The van der Waals surface area contributed by atoms with Gasteiger partial charge in [0.05, 0.1) is 20.8 Å². The maximum atomic E-state index is 12.0. The zero-order chi connectivity index (χ0) is 21.5. The molecule has 1 unspecified atom stereocenters. The summed E-state index contributed by atoms with van der Waals surface area (Å²) in [6, 6.07) is 5.59. The van der Waals surface area contributed by atoms with Gasteiger partial charge < -0.3 is 24.8 Å². The van der Waals surface area contributed by atoms with Gasteiger partial charge in [-0.1, -0.05) is 6.07 Å². The smallest absolute Gasteiger partial charge is 0.341 e. The number of esters is 1. The summed E-state index contributed by atoms with van der Waals surface area (Å²) in [5, 5.41) is 11.2. The summed E-state index contributed by atoms with van der Waals surface area (Å²) in [6.45, 7) is 1.62. The van der Waals surface area contributed by atoms with Crippen molar-refractivity contribution in [3.8, 4) is 5.75 Å². The van der Waals surface area contributed by atoms with E-state index in [1.807, 2.05) is 10.7 Å². The van der Waals surface area contributed by atoms with Crippen molar-refractivity contribution < 1.29 is 19.0 Å². The molecule has 10 nitrogen and oxygen atoms in total. The summed E-state index contributed by atoms with van der Waals surface area (Å²) in [5.41, 5.74) is 1.30. The number of fused-ring (bicyclic) bond motifs is 1. The molecule has 0 spiro atoms. The lowest BCUT2D eigenvalue weighted by atomic mass is 10.1. The zero-order valence-corrected chi connectivity index (χ0v) is 17.8. The molecule has 162 valence electrons. The summed E-state index contributed by atoms with van der Waals surface area (Å²) in [6.07, 6.45) is 1.77. The van der Waals surface area contributed by atoms with Crippen molar-refractivity contribution in [3.05, 3.63) is 41.0 Å². The van der Waals surface area contributed by atoms with Gasteiger partial charge in [0.1, 0.15) is 23.7 Å². The molecule has 1 aromatic carbocycles. The van der Waals surface area contributed by atoms with Gasteiger partial charge in [-0.05, 0) is 24.1 Å². The minimum atomic E-state index is -0.435. The second kappa shape index (κ2) is 10.1. The molecule has 0 aliphatic carbocycles. The van der Waals surface area contributed by atoms with E-state index in [4.69, 9.17) is 14.2 Å². The van der Waals surface area contributed by atoms with E-state index in [9.17, 15) is 4.79 Å². The highest BCUT2D eigenvalue weighted by Gasteiger charge is 2.22. The Morgan fingerprint density at radius 1 is 1.33 bits per heavy atom. The number of benzene rings is 1. The standard InChI is InChI=1S/C20H28N6O4/c1-21-20(22-10-13-5-7-16(29-3)15(9-13)19(27)30-4)23-14-6-8-18-24-17(12-28-2)25-26(18)11-14/h5,7,9,14H,6,8,10-12H2,1-4H3,(H2,21,22,23). The van der Waals surface area contributed by atoms with Crippen LogP contribution in [0.25, 0.3) is 0 Å². The van der Waals surface area contributed by atoms with E-state index in [0.29, 0.717) is 42.8 Å². The molecular formula is C20H28N6O4. The fourth-order valence-electron chi connectivity index (χ4n) is 3.38. The van der Waals surface area contributed by atoms with Gasteiger partial charge in [0.15, 0.2) is 11.8 Å². The molecule has 3 rings (SSSR count). The third kappa shape index (κ3) is 5.07. The van der Waals surface area contributed by atoms with Crippen molar-refractivity contribution in [2.24, 2.45) is 4.99 Å². The normalized spacial score (nSPS) is 16.0. The number of aliphatic imine (C=N–C) groups is 1. The Kier molecular flexibility index (Phi) is 7.23. The van der Waals surface area contributed by atoms with Crippen LogP contribution in [0.3, 0.4) is 0 Å². The monoisotopic (exact) mass is 416 g/mol. The fourth-order valence-corrected chi connectivity index (χ4v) is 3.38. The van der Waals surface area contributed by atoms with Crippen LogP contribution in [-0.2, 0) is 35.6 Å². The average molecular weight is 416 g/mol. The molecule has 1 aliphatic rings. The molecule has 2 aromatic rings. The summed E-state index contributed by atoms with van der Waals surface area (Å²) in [7, 11) is 6.23. The van der Waals surface area contributed by atoms with Gasteiger partial charge in [0.25, 0.3) is 0 Å². The van der Waals surface area contributed by atoms with Crippen LogP contribution in [0.4, 0.5) is 0 Å². The lowest BCUT2D eigenvalue weighted by molar-refractivity contribution is 0.0597. The largest absolute Gasteiger partial charge is 0.496 e. The molecule has 2 N–H and O–H groups in total. The number of methoxy groups -OCH3 is 3. The van der Waals surface area contributed by atoms with Crippen molar-refractivity contribution in [3.63, 3.8) is 0 Å². The topological polar surface area (TPSA) is 112 Å². The molecule has 0 fully saturated rings. The van der Waals surface area contributed by atoms with Crippen molar-refractivity contribution >= 4 is 11.9 Å². The first-order valence-electron chi connectivity index (χ1n) is 9.71. The van der Waals surface area contributed by atoms with Crippen LogP contribution in [0.5, 0.6) is 5.75 Å². The summed E-state index contributed by atoms with van der Waals surface area (Å²) >= 11 is 0. The van der Waals surface area contributed by atoms with E-state index < -0.39 is 5.97 Å². The Morgan fingerprint density at radius 2 is 2.17 bits per heavy atom. The molecule has 0 bridgehead atoms. The Bertz CT molecular complexity index is 911. The Morgan fingerprint density at radius 3 is 2.87 bits per heavy atom. The van der Waals surface area contributed by atoms with E-state index >= 15 is 0 Å². The molecule has 1 atom stereocenters. The number of carbonyl (C=O) groups is 1. The number of ether oxygens (including phenoxy) is 3. The maximum absolute atomic E-state index is 12.0. The number of carbonyl (C=O) groups excluding carboxylic acids is 1. The van der Waals surface area contributed by atoms with Gasteiger partial charge in [-0.25, -0.2) is 14.5 Å². The number of nitrogens with one attached hydrogen (secondary N) is 2. The third-order valence-corrected chi connectivity index (χ3v) is 4.87. The van der Waals surface area contributed by atoms with E-state index in [0.717, 1.165) is 24.2 Å². The fraction of sp³-hybridized carbons (Fsp3) is 0.500. The molecule has 0 saturated heterocycles. The van der Waals surface area contributed by atoms with Crippen molar-refractivity contribution in [1.82, 2.24) is 25.4 Å². The highest BCUT2D eigenvalue weighted by Crippen LogP contribution is 2.21. The number of aromatic nitrogens is 3. The molecule has 1 aromatic heterocycles. The van der Waals surface area contributed by atoms with Crippen molar-refractivity contribution in [2.75, 3.05) is 28.4 Å². The second-order valence-corrected chi connectivity index (χ2v) is 6.89. The minimum absolute atomic E-state index is 0.183. The summed E-state index contributed by atoms with van der Waals surface area (Å²) < 4.78 is 17.1. The van der Waals surface area contributed by atoms with Crippen LogP contribution in [0, 0.1) is 0 Å². The molecule has 10 heteroatoms. The molecule has 30 heavy (non-hydrogen) atoms. The van der Waals surface area contributed by atoms with E-state index in [2.05, 4.69) is 25.7 Å². The molecular weight excluding hydrogens is 388 g/mol. The molecule has 0 amide bonds. The first-order chi connectivity index (χ1) is 14.6. The molecule has 0 saturated carbocycles. The summed E-state index contributed by atoms with van der Waals surface area (Å²) in [4.78, 5) is 20.8. The number of rotatable bonds is 7. The predicted molar refractivity (Wildman–Crippen MR) is 111 cm³/mol. The number of aryl methyl sites for hydroxylation is 1. The first kappa shape index (κ1) is 21.6. The van der Waals surface area contributed by atoms with E-state index in [1.165, 1.54) is 14.2 Å². The second-order valence-electron chi connectivity index (χ2n) is 6.89. The number of hydrogen-bond acceptors (Lipinski definition) is 7. The predicted octanol–water partition coefficient (Wildman–Crippen LogP) is 0.900. The van der Waals surface area contributed by atoms with Gasteiger partial charge in [-0.15, -0.1) is 0 Å². The van der Waals surface area contributed by atoms with Gasteiger partial charge in [-0.3, -0.25) is 4.99 Å². The minimum Gasteiger partial charge on any atom is -0.496 e. The number of nitrogens with zero attached hydrogens (tertiary/aromatic N) is 4. The highest BCUT2D eigenvalue weighted by molar-refractivity contribution is 5.92. The van der Waals surface area contributed by atoms with Gasteiger partial charge >= 0.3 is 5.97 Å². The van der Waals surface area contributed by atoms with Crippen LogP contribution in [0.2, 0.25) is 0 Å². The maximum Gasteiger partial charge on any atom is 0.341 e. The van der Waals surface area contributed by atoms with Gasteiger partial charge in [0.2, 0.25) is 0 Å². The first-order valence-corrected chi connectivity index (χ1v) is 9.71. The third-order valence-electron chi connectivity index (χ3n) is 4.87. The van der Waals surface area contributed by atoms with E-state index in [-0.39, 0.29) is 6.04 Å². The van der Waals surface area contributed by atoms with Crippen LogP contribution >= 0.6 is 0 Å². The van der Waals surface area contributed by atoms with Crippen molar-refractivity contribution in [2.45, 2.75) is 38.6 Å². The molecule has 0 radical (unpaired) electrons. The van der Waals surface area contributed by atoms with Crippen LogP contribution in [0.1, 0.15) is 34.0 Å². The van der Waals surface area contributed by atoms with Crippen LogP contribution in [-0.4, -0.2) is 61.1 Å². The lowest BCUT2D eigenvalue weighted by Gasteiger charge is -2.25. The summed E-state index contributed by atoms with van der Waals surface area (Å²) in [5.74, 6) is 2.41. The Hall–Kier alpha value is -3.14.